The molecule has 3 aromatic rings. The lowest BCUT2D eigenvalue weighted by Crippen LogP contribution is -2.23. The molecule has 150 valence electrons. The van der Waals surface area contributed by atoms with Crippen LogP contribution in [-0.2, 0) is 16.0 Å². The van der Waals surface area contributed by atoms with Gasteiger partial charge < -0.3 is 19.1 Å². The lowest BCUT2D eigenvalue weighted by atomic mass is 10.1. The molecule has 1 aromatic heterocycles. The van der Waals surface area contributed by atoms with E-state index in [1.165, 1.54) is 7.11 Å². The molecule has 4 rings (SSSR count). The molecule has 29 heavy (non-hydrogen) atoms. The van der Waals surface area contributed by atoms with Crippen LogP contribution in [0, 0.1) is 0 Å². The highest BCUT2D eigenvalue weighted by atomic mass is 16.5. The van der Waals surface area contributed by atoms with Gasteiger partial charge in [-0.05, 0) is 42.0 Å². The van der Waals surface area contributed by atoms with Crippen LogP contribution in [-0.4, -0.2) is 48.3 Å². The van der Waals surface area contributed by atoms with Gasteiger partial charge in [-0.1, -0.05) is 17.3 Å². The predicted molar refractivity (Wildman–Crippen MR) is 106 cm³/mol. The van der Waals surface area contributed by atoms with Gasteiger partial charge in [-0.25, -0.2) is 9.48 Å². The minimum Gasteiger partial charge on any atom is -0.497 e. The summed E-state index contributed by atoms with van der Waals surface area (Å²) in [7, 11) is 3.02. The summed E-state index contributed by atoms with van der Waals surface area (Å²) in [4.78, 5) is 13.7. The zero-order valence-corrected chi connectivity index (χ0v) is 16.3. The minimum atomic E-state index is -0.350. The van der Waals surface area contributed by atoms with Gasteiger partial charge >= 0.3 is 5.97 Å². The van der Waals surface area contributed by atoms with E-state index in [0.717, 1.165) is 29.2 Å². The maximum absolute atomic E-state index is 11.5. The highest BCUT2D eigenvalue weighted by Crippen LogP contribution is 2.32. The zero-order valence-electron chi connectivity index (χ0n) is 16.3. The maximum Gasteiger partial charge on any atom is 0.337 e. The lowest BCUT2D eigenvalue weighted by Gasteiger charge is -2.23. The first-order chi connectivity index (χ1) is 14.2. The van der Waals surface area contributed by atoms with E-state index in [1.807, 2.05) is 42.6 Å². The van der Waals surface area contributed by atoms with Gasteiger partial charge in [0, 0.05) is 12.2 Å². The fraction of sp³-hybridized carbons (Fsp3) is 0.286. The third kappa shape index (κ3) is 4.07. The number of rotatable bonds is 6. The summed E-state index contributed by atoms with van der Waals surface area (Å²) in [6.07, 6.45) is 1.61. The van der Waals surface area contributed by atoms with Crippen molar-refractivity contribution in [3.05, 3.63) is 71.5 Å². The fourth-order valence-corrected chi connectivity index (χ4v) is 3.31. The normalized spacial score (nSPS) is 16.1. The summed E-state index contributed by atoms with van der Waals surface area (Å²) in [6.45, 7) is 1.95. The van der Waals surface area contributed by atoms with E-state index in [2.05, 4.69) is 15.2 Å². The van der Waals surface area contributed by atoms with Crippen molar-refractivity contribution in [2.75, 3.05) is 32.3 Å². The van der Waals surface area contributed by atoms with Gasteiger partial charge in [0.25, 0.3) is 0 Å². The summed E-state index contributed by atoms with van der Waals surface area (Å²) in [5.74, 6) is 0.464. The van der Waals surface area contributed by atoms with Crippen LogP contribution in [0.1, 0.15) is 27.8 Å². The third-order valence-electron chi connectivity index (χ3n) is 4.82. The first kappa shape index (κ1) is 18.9. The predicted octanol–water partition coefficient (Wildman–Crippen LogP) is 2.66. The van der Waals surface area contributed by atoms with Crippen LogP contribution in [0.25, 0.3) is 0 Å². The number of hydrogen-bond acceptors (Lipinski definition) is 7. The molecule has 1 aliphatic heterocycles. The highest BCUT2D eigenvalue weighted by molar-refractivity contribution is 5.89. The number of nitrogens with zero attached hydrogens (tertiary/aromatic N) is 4. The number of carbonyl (C=O) groups excluding carboxylic acids is 1. The van der Waals surface area contributed by atoms with Crippen LogP contribution in [0.3, 0.4) is 0 Å². The van der Waals surface area contributed by atoms with Crippen LogP contribution in [0.5, 0.6) is 5.75 Å². The number of esters is 1. The number of anilines is 1. The van der Waals surface area contributed by atoms with Gasteiger partial charge in [0.2, 0.25) is 0 Å². The van der Waals surface area contributed by atoms with Crippen LogP contribution in [0.4, 0.5) is 5.69 Å². The summed E-state index contributed by atoms with van der Waals surface area (Å²) in [6, 6.07) is 15.1. The van der Waals surface area contributed by atoms with Crippen molar-refractivity contribution < 1.29 is 19.0 Å². The molecule has 0 radical (unpaired) electrons. The number of carbonyl (C=O) groups is 1. The zero-order chi connectivity index (χ0) is 20.2. The number of hydrogen-bond donors (Lipinski definition) is 0. The molecule has 2 heterocycles. The van der Waals surface area contributed by atoms with Crippen molar-refractivity contribution in [3.8, 4) is 5.75 Å². The molecule has 0 N–H and O–H groups in total. The largest absolute Gasteiger partial charge is 0.497 e. The van der Waals surface area contributed by atoms with E-state index >= 15 is 0 Å². The number of aromatic nitrogens is 3. The Hall–Kier alpha value is -3.39. The van der Waals surface area contributed by atoms with E-state index in [1.54, 1.807) is 23.9 Å². The van der Waals surface area contributed by atoms with Crippen molar-refractivity contribution in [1.29, 1.82) is 0 Å². The Kier molecular flexibility index (Phi) is 5.44. The summed E-state index contributed by atoms with van der Waals surface area (Å²) in [5, 5.41) is 8.54. The Balaban J connectivity index is 1.47. The molecular weight excluding hydrogens is 372 g/mol. The molecule has 0 bridgehead atoms. The quantitative estimate of drug-likeness (QED) is 0.595. The average Bonchev–Trinajstić information content (AvgIpc) is 3.43. The Morgan fingerprint density at radius 1 is 1.14 bits per heavy atom. The highest BCUT2D eigenvalue weighted by Gasteiger charge is 2.29. The van der Waals surface area contributed by atoms with Gasteiger partial charge in [0.1, 0.15) is 11.4 Å². The van der Waals surface area contributed by atoms with E-state index in [0.29, 0.717) is 18.7 Å². The molecule has 0 aliphatic carbocycles. The standard InChI is InChI=1S/C21H22N4O4/c1-27-18-9-7-17(8-10-18)25-11-12-29-20(25)19-14-24(23-22-19)13-15-3-5-16(6-4-15)21(26)28-2/h3-10,14,20H,11-13H2,1-2H3/t20-/m1/s1. The van der Waals surface area contributed by atoms with Gasteiger partial charge in [0.15, 0.2) is 6.23 Å². The Morgan fingerprint density at radius 3 is 2.59 bits per heavy atom. The van der Waals surface area contributed by atoms with E-state index in [9.17, 15) is 4.79 Å². The van der Waals surface area contributed by atoms with E-state index in [-0.39, 0.29) is 12.2 Å². The molecule has 8 heteroatoms. The number of methoxy groups -OCH3 is 2. The Labute approximate surface area is 168 Å². The second-order valence-electron chi connectivity index (χ2n) is 6.64. The SMILES string of the molecule is COC(=O)c1ccc(Cn2cc([C@H]3OCCN3c3ccc(OC)cc3)nn2)cc1. The van der Waals surface area contributed by atoms with Crippen LogP contribution >= 0.6 is 0 Å². The first-order valence-electron chi connectivity index (χ1n) is 9.27. The van der Waals surface area contributed by atoms with Gasteiger partial charge in [-0.3, -0.25) is 0 Å². The molecule has 1 atom stereocenters. The van der Waals surface area contributed by atoms with E-state index in [4.69, 9.17) is 14.2 Å². The van der Waals surface area contributed by atoms with E-state index < -0.39 is 0 Å². The molecule has 8 nitrogen and oxygen atoms in total. The smallest absolute Gasteiger partial charge is 0.337 e. The second kappa shape index (κ2) is 8.32. The summed E-state index contributed by atoms with van der Waals surface area (Å²) in [5.41, 5.74) is 3.32. The summed E-state index contributed by atoms with van der Waals surface area (Å²) >= 11 is 0. The summed E-state index contributed by atoms with van der Waals surface area (Å²) < 4.78 is 17.6. The molecule has 0 spiro atoms. The van der Waals surface area contributed by atoms with Crippen molar-refractivity contribution in [2.45, 2.75) is 12.8 Å². The van der Waals surface area contributed by atoms with Crippen LogP contribution < -0.4 is 9.64 Å². The van der Waals surface area contributed by atoms with Gasteiger partial charge in [-0.2, -0.15) is 0 Å². The maximum atomic E-state index is 11.5. The van der Waals surface area contributed by atoms with Gasteiger partial charge in [0.05, 0.1) is 39.1 Å². The molecule has 1 aliphatic rings. The van der Waals surface area contributed by atoms with Crippen molar-refractivity contribution in [3.63, 3.8) is 0 Å². The van der Waals surface area contributed by atoms with Crippen LogP contribution in [0.15, 0.2) is 54.7 Å². The van der Waals surface area contributed by atoms with Crippen molar-refractivity contribution >= 4 is 11.7 Å². The second-order valence-corrected chi connectivity index (χ2v) is 6.64. The Bertz CT molecular complexity index is 969. The molecule has 1 saturated heterocycles. The third-order valence-corrected chi connectivity index (χ3v) is 4.82. The molecule has 0 unspecified atom stereocenters. The topological polar surface area (TPSA) is 78.7 Å². The number of ether oxygens (including phenoxy) is 3. The molecular formula is C21H22N4O4. The minimum absolute atomic E-state index is 0.279. The monoisotopic (exact) mass is 394 g/mol. The average molecular weight is 394 g/mol. The van der Waals surface area contributed by atoms with Crippen LogP contribution in [0.2, 0.25) is 0 Å². The molecule has 1 fully saturated rings. The molecule has 0 saturated carbocycles. The molecule has 2 aromatic carbocycles. The number of benzene rings is 2. The van der Waals surface area contributed by atoms with Gasteiger partial charge in [-0.15, -0.1) is 5.10 Å². The van der Waals surface area contributed by atoms with Crippen molar-refractivity contribution in [2.24, 2.45) is 0 Å². The van der Waals surface area contributed by atoms with Crippen molar-refractivity contribution in [1.82, 2.24) is 15.0 Å². The Morgan fingerprint density at radius 2 is 1.90 bits per heavy atom. The molecule has 0 amide bonds. The lowest BCUT2D eigenvalue weighted by molar-refractivity contribution is 0.0600. The fourth-order valence-electron chi connectivity index (χ4n) is 3.31. The first-order valence-corrected chi connectivity index (χ1v) is 9.27.